The Morgan fingerprint density at radius 3 is 1.29 bits per heavy atom. The molecule has 6 heteroatoms. The van der Waals surface area contributed by atoms with Gasteiger partial charge in [-0.25, -0.2) is 0 Å². The first-order chi connectivity index (χ1) is 13.4. The summed E-state index contributed by atoms with van der Waals surface area (Å²) in [4.78, 5) is 26.2. The number of ether oxygens (including phenoxy) is 4. The highest BCUT2D eigenvalue weighted by Crippen LogP contribution is 2.32. The van der Waals surface area contributed by atoms with Crippen molar-refractivity contribution < 1.29 is 28.5 Å². The quantitative estimate of drug-likeness (QED) is 0.605. The second kappa shape index (κ2) is 9.26. The molecule has 0 N–H and O–H groups in total. The molecule has 2 aromatic carbocycles. The fraction of sp³-hybridized carbons (Fsp3) is 0.364. The van der Waals surface area contributed by atoms with Crippen LogP contribution in [0.3, 0.4) is 0 Å². The molecule has 6 nitrogen and oxygen atoms in total. The largest absolute Gasteiger partial charge is 0.497 e. The maximum absolute atomic E-state index is 13.1. The number of rotatable bonds is 9. The van der Waals surface area contributed by atoms with E-state index in [9.17, 15) is 9.59 Å². The van der Waals surface area contributed by atoms with Gasteiger partial charge in [-0.2, -0.15) is 0 Å². The molecule has 0 fully saturated rings. The van der Waals surface area contributed by atoms with Gasteiger partial charge in [0.2, 0.25) is 0 Å². The molecule has 0 aromatic heterocycles. The summed E-state index contributed by atoms with van der Waals surface area (Å²) < 4.78 is 21.0. The molecule has 2 rings (SSSR count). The third kappa shape index (κ3) is 4.27. The Labute approximate surface area is 165 Å². The highest BCUT2D eigenvalue weighted by atomic mass is 16.5. The summed E-state index contributed by atoms with van der Waals surface area (Å²) in [5, 5.41) is 0. The van der Waals surface area contributed by atoms with Gasteiger partial charge in [0, 0.05) is 11.8 Å². The number of methoxy groups -OCH3 is 4. The summed E-state index contributed by atoms with van der Waals surface area (Å²) >= 11 is 0. The third-order valence-corrected chi connectivity index (χ3v) is 4.92. The summed E-state index contributed by atoms with van der Waals surface area (Å²) in [6.07, 6.45) is 0. The molecule has 0 saturated heterocycles. The molecule has 0 bridgehead atoms. The van der Waals surface area contributed by atoms with Gasteiger partial charge in [0.1, 0.15) is 23.0 Å². The van der Waals surface area contributed by atoms with E-state index in [4.69, 9.17) is 18.9 Å². The Morgan fingerprint density at radius 2 is 1.00 bits per heavy atom. The topological polar surface area (TPSA) is 71.1 Å². The number of ketones is 2. The number of carbonyl (C=O) groups excluding carboxylic acids is 2. The maximum Gasteiger partial charge on any atom is 0.170 e. The van der Waals surface area contributed by atoms with Gasteiger partial charge in [0.05, 0.1) is 39.6 Å². The van der Waals surface area contributed by atoms with Crippen LogP contribution in [-0.4, -0.2) is 40.0 Å². The van der Waals surface area contributed by atoms with E-state index in [0.29, 0.717) is 34.1 Å². The van der Waals surface area contributed by atoms with Gasteiger partial charge in [-0.15, -0.1) is 0 Å². The fourth-order valence-electron chi connectivity index (χ4n) is 2.96. The molecule has 0 saturated carbocycles. The fourth-order valence-corrected chi connectivity index (χ4v) is 2.96. The van der Waals surface area contributed by atoms with Crippen LogP contribution in [0.4, 0.5) is 0 Å². The molecule has 2 aromatic rings. The van der Waals surface area contributed by atoms with Crippen LogP contribution in [0.15, 0.2) is 36.4 Å². The van der Waals surface area contributed by atoms with Crippen molar-refractivity contribution in [1.82, 2.24) is 0 Å². The van der Waals surface area contributed by atoms with E-state index in [2.05, 4.69) is 0 Å². The lowest BCUT2D eigenvalue weighted by molar-refractivity contribution is 0.0790. The number of benzene rings is 2. The van der Waals surface area contributed by atoms with Crippen molar-refractivity contribution in [1.29, 1.82) is 0 Å². The third-order valence-electron chi connectivity index (χ3n) is 4.92. The average Bonchev–Trinajstić information content (AvgIpc) is 2.75. The molecule has 2 unspecified atom stereocenters. The van der Waals surface area contributed by atoms with E-state index in [1.165, 1.54) is 28.4 Å². The zero-order chi connectivity index (χ0) is 20.8. The van der Waals surface area contributed by atoms with Gasteiger partial charge < -0.3 is 18.9 Å². The lowest BCUT2D eigenvalue weighted by Crippen LogP contribution is -2.26. The Bertz CT molecular complexity index is 787. The SMILES string of the molecule is COc1ccc(OC)c(C(=O)C(C)C(C)C(=O)c2cc(OC)ccc2OC)c1. The second-order valence-electron chi connectivity index (χ2n) is 6.44. The Balaban J connectivity index is 2.35. The molecule has 150 valence electrons. The summed E-state index contributed by atoms with van der Waals surface area (Å²) in [5.74, 6) is 0.424. The van der Waals surface area contributed by atoms with E-state index in [-0.39, 0.29) is 11.6 Å². The van der Waals surface area contributed by atoms with Gasteiger partial charge in [-0.05, 0) is 36.4 Å². The number of Topliss-reactive ketones (excluding diaryl/α,β-unsaturated/α-hetero) is 2. The molecule has 0 aliphatic carbocycles. The van der Waals surface area contributed by atoms with E-state index in [1.807, 2.05) is 0 Å². The van der Waals surface area contributed by atoms with Gasteiger partial charge in [0.15, 0.2) is 11.6 Å². The first-order valence-electron chi connectivity index (χ1n) is 8.90. The Morgan fingerprint density at radius 1 is 0.643 bits per heavy atom. The highest BCUT2D eigenvalue weighted by Gasteiger charge is 2.31. The normalized spacial score (nSPS) is 12.6. The van der Waals surface area contributed by atoms with E-state index >= 15 is 0 Å². The molecular weight excluding hydrogens is 360 g/mol. The van der Waals surface area contributed by atoms with E-state index in [0.717, 1.165) is 0 Å². The van der Waals surface area contributed by atoms with Crippen molar-refractivity contribution in [3.63, 3.8) is 0 Å². The minimum atomic E-state index is -0.579. The molecule has 0 amide bonds. The van der Waals surface area contributed by atoms with Crippen LogP contribution in [0.2, 0.25) is 0 Å². The lowest BCUT2D eigenvalue weighted by Gasteiger charge is -2.20. The van der Waals surface area contributed by atoms with Gasteiger partial charge >= 0.3 is 0 Å². The maximum atomic E-state index is 13.1. The molecular formula is C22H26O6. The van der Waals surface area contributed by atoms with Crippen LogP contribution < -0.4 is 18.9 Å². The Kier molecular flexibility index (Phi) is 7.04. The van der Waals surface area contributed by atoms with Crippen LogP contribution in [0.25, 0.3) is 0 Å². The standard InChI is InChI=1S/C22H26O6/c1-13(21(23)17-11-15(25-3)7-9-19(17)27-5)14(2)22(24)18-12-16(26-4)8-10-20(18)28-6/h7-14H,1-6H3. The molecule has 0 aliphatic rings. The summed E-state index contributed by atoms with van der Waals surface area (Å²) in [7, 11) is 6.05. The van der Waals surface area contributed by atoms with Gasteiger partial charge in [0.25, 0.3) is 0 Å². The van der Waals surface area contributed by atoms with E-state index < -0.39 is 11.8 Å². The smallest absolute Gasteiger partial charge is 0.170 e. The van der Waals surface area contributed by atoms with Gasteiger partial charge in [-0.1, -0.05) is 13.8 Å². The van der Waals surface area contributed by atoms with Crippen LogP contribution in [0, 0.1) is 11.8 Å². The second-order valence-corrected chi connectivity index (χ2v) is 6.44. The van der Waals surface area contributed by atoms with Crippen molar-refractivity contribution in [3.8, 4) is 23.0 Å². The van der Waals surface area contributed by atoms with Gasteiger partial charge in [-0.3, -0.25) is 9.59 Å². The van der Waals surface area contributed by atoms with Crippen molar-refractivity contribution in [2.24, 2.45) is 11.8 Å². The lowest BCUT2D eigenvalue weighted by atomic mass is 9.83. The first kappa shape index (κ1) is 21.3. The summed E-state index contributed by atoms with van der Waals surface area (Å²) in [6.45, 7) is 3.47. The molecule has 0 radical (unpaired) electrons. The summed E-state index contributed by atoms with van der Waals surface area (Å²) in [5.41, 5.74) is 0.762. The van der Waals surface area contributed by atoms with Crippen LogP contribution >= 0.6 is 0 Å². The molecule has 0 heterocycles. The van der Waals surface area contributed by atoms with Crippen LogP contribution in [0.5, 0.6) is 23.0 Å². The minimum Gasteiger partial charge on any atom is -0.497 e. The van der Waals surface area contributed by atoms with Crippen molar-refractivity contribution >= 4 is 11.6 Å². The molecule has 0 aliphatic heterocycles. The van der Waals surface area contributed by atoms with Crippen LogP contribution in [0.1, 0.15) is 34.6 Å². The molecule has 28 heavy (non-hydrogen) atoms. The highest BCUT2D eigenvalue weighted by molar-refractivity contribution is 6.07. The number of carbonyl (C=O) groups is 2. The monoisotopic (exact) mass is 386 g/mol. The van der Waals surface area contributed by atoms with Crippen molar-refractivity contribution in [2.45, 2.75) is 13.8 Å². The molecule has 2 atom stereocenters. The number of hydrogen-bond donors (Lipinski definition) is 0. The van der Waals surface area contributed by atoms with Crippen molar-refractivity contribution in [2.75, 3.05) is 28.4 Å². The molecule has 0 spiro atoms. The van der Waals surface area contributed by atoms with Crippen molar-refractivity contribution in [3.05, 3.63) is 47.5 Å². The predicted molar refractivity (Wildman–Crippen MR) is 106 cm³/mol. The summed E-state index contributed by atoms with van der Waals surface area (Å²) in [6, 6.07) is 10.0. The van der Waals surface area contributed by atoms with Crippen LogP contribution in [-0.2, 0) is 0 Å². The number of hydrogen-bond acceptors (Lipinski definition) is 6. The van der Waals surface area contributed by atoms with E-state index in [1.54, 1.807) is 50.2 Å². The first-order valence-corrected chi connectivity index (χ1v) is 8.90. The Hall–Kier alpha value is -3.02. The predicted octanol–water partition coefficient (Wildman–Crippen LogP) is 4.06. The zero-order valence-corrected chi connectivity index (χ0v) is 17.1. The zero-order valence-electron chi connectivity index (χ0n) is 17.1. The average molecular weight is 386 g/mol. The minimum absolute atomic E-state index is 0.196.